The van der Waals surface area contributed by atoms with Gasteiger partial charge in [0.05, 0.1) is 12.4 Å². The molecule has 0 heterocycles. The number of alkyl halides is 2. The SMILES string of the molecule is COSCc1ccccc1.ClCCl. The Labute approximate surface area is 93.6 Å². The second-order valence-corrected chi connectivity index (χ2v) is 3.68. The van der Waals surface area contributed by atoms with E-state index in [0.717, 1.165) is 5.75 Å². The smallest absolute Gasteiger partial charge is 0.0967 e. The minimum atomic E-state index is 0.194. The van der Waals surface area contributed by atoms with E-state index in [2.05, 4.69) is 12.1 Å². The van der Waals surface area contributed by atoms with Crippen molar-refractivity contribution in [3.63, 3.8) is 0 Å². The Morgan fingerprint density at radius 2 is 1.77 bits per heavy atom. The summed E-state index contributed by atoms with van der Waals surface area (Å²) < 4.78 is 4.86. The summed E-state index contributed by atoms with van der Waals surface area (Å²) in [5.41, 5.74) is 1.30. The quantitative estimate of drug-likeness (QED) is 0.584. The number of rotatable bonds is 3. The predicted octanol–water partition coefficient (Wildman–Crippen LogP) is 3.90. The van der Waals surface area contributed by atoms with E-state index in [0.29, 0.717) is 0 Å². The van der Waals surface area contributed by atoms with Crippen LogP contribution in [0.1, 0.15) is 5.56 Å². The predicted molar refractivity (Wildman–Crippen MR) is 61.3 cm³/mol. The Kier molecular flexibility index (Phi) is 10.3. The lowest BCUT2D eigenvalue weighted by atomic mass is 10.2. The maximum absolute atomic E-state index is 4.86. The second-order valence-electron chi connectivity index (χ2n) is 2.02. The molecular formula is C9H12Cl2OS. The van der Waals surface area contributed by atoms with Gasteiger partial charge in [-0.2, -0.15) is 0 Å². The van der Waals surface area contributed by atoms with Crippen molar-refractivity contribution in [3.05, 3.63) is 35.9 Å². The lowest BCUT2D eigenvalue weighted by molar-refractivity contribution is 0.489. The second kappa shape index (κ2) is 10.2. The van der Waals surface area contributed by atoms with Gasteiger partial charge in [0.2, 0.25) is 0 Å². The molecule has 74 valence electrons. The first-order chi connectivity index (χ1) is 6.35. The van der Waals surface area contributed by atoms with E-state index < -0.39 is 0 Å². The minimum absolute atomic E-state index is 0.194. The summed E-state index contributed by atoms with van der Waals surface area (Å²) in [7, 11) is 1.69. The largest absolute Gasteiger partial charge is 0.318 e. The fraction of sp³-hybridized carbons (Fsp3) is 0.333. The van der Waals surface area contributed by atoms with Crippen molar-refractivity contribution in [1.29, 1.82) is 0 Å². The highest BCUT2D eigenvalue weighted by molar-refractivity contribution is 7.93. The van der Waals surface area contributed by atoms with Crippen molar-refractivity contribution in [2.24, 2.45) is 0 Å². The molecule has 0 aliphatic heterocycles. The van der Waals surface area contributed by atoms with Gasteiger partial charge in [-0.3, -0.25) is 0 Å². The lowest BCUT2D eigenvalue weighted by Gasteiger charge is -1.96. The van der Waals surface area contributed by atoms with Gasteiger partial charge in [-0.05, 0) is 17.6 Å². The lowest BCUT2D eigenvalue weighted by Crippen LogP contribution is -1.77. The Hall–Kier alpha value is 0.110. The summed E-state index contributed by atoms with van der Waals surface area (Å²) in [5, 5.41) is 0.194. The van der Waals surface area contributed by atoms with Crippen LogP contribution in [0.4, 0.5) is 0 Å². The average molecular weight is 239 g/mol. The van der Waals surface area contributed by atoms with Crippen LogP contribution in [0.15, 0.2) is 30.3 Å². The highest BCUT2D eigenvalue weighted by Crippen LogP contribution is 2.10. The van der Waals surface area contributed by atoms with Gasteiger partial charge in [-0.25, -0.2) is 0 Å². The fourth-order valence-corrected chi connectivity index (χ4v) is 1.15. The molecule has 0 bridgehead atoms. The zero-order chi connectivity index (χ0) is 9.94. The standard InChI is InChI=1S/C8H10OS.CH2Cl2/c1-9-10-7-8-5-3-2-4-6-8;2-1-3/h2-6H,7H2,1H3;1H2. The zero-order valence-electron chi connectivity index (χ0n) is 7.37. The van der Waals surface area contributed by atoms with E-state index >= 15 is 0 Å². The van der Waals surface area contributed by atoms with Crippen LogP contribution in [0.3, 0.4) is 0 Å². The van der Waals surface area contributed by atoms with Crippen LogP contribution in [-0.2, 0) is 9.94 Å². The number of benzene rings is 1. The summed E-state index contributed by atoms with van der Waals surface area (Å²) in [5.74, 6) is 0.928. The summed E-state index contributed by atoms with van der Waals surface area (Å²) in [6.45, 7) is 0. The van der Waals surface area contributed by atoms with E-state index in [1.165, 1.54) is 17.6 Å². The third-order valence-electron chi connectivity index (χ3n) is 1.19. The van der Waals surface area contributed by atoms with Crippen molar-refractivity contribution in [2.45, 2.75) is 5.75 Å². The normalized spacial score (nSPS) is 8.85. The van der Waals surface area contributed by atoms with E-state index in [1.54, 1.807) is 7.11 Å². The highest BCUT2D eigenvalue weighted by Gasteiger charge is 1.88. The molecule has 4 heteroatoms. The molecule has 0 aliphatic rings. The molecule has 0 aromatic heterocycles. The first-order valence-electron chi connectivity index (χ1n) is 3.66. The molecule has 0 radical (unpaired) electrons. The van der Waals surface area contributed by atoms with Crippen LogP contribution in [0.25, 0.3) is 0 Å². The Bertz CT molecular complexity index is 194. The molecule has 1 rings (SSSR count). The Morgan fingerprint density at radius 1 is 1.23 bits per heavy atom. The van der Waals surface area contributed by atoms with E-state index in [4.69, 9.17) is 27.4 Å². The van der Waals surface area contributed by atoms with Crippen LogP contribution < -0.4 is 0 Å². The molecule has 0 unspecified atom stereocenters. The molecule has 0 aliphatic carbocycles. The van der Waals surface area contributed by atoms with Gasteiger partial charge < -0.3 is 4.18 Å². The van der Waals surface area contributed by atoms with Gasteiger partial charge in [-0.1, -0.05) is 30.3 Å². The summed E-state index contributed by atoms with van der Waals surface area (Å²) in [6, 6.07) is 10.3. The van der Waals surface area contributed by atoms with Crippen molar-refractivity contribution in [3.8, 4) is 0 Å². The Balaban J connectivity index is 0.000000424. The maximum atomic E-state index is 4.86. The van der Waals surface area contributed by atoms with Crippen molar-refractivity contribution < 1.29 is 4.18 Å². The third kappa shape index (κ3) is 8.44. The van der Waals surface area contributed by atoms with Gasteiger partial charge in [-0.15, -0.1) is 23.2 Å². The monoisotopic (exact) mass is 238 g/mol. The number of hydrogen-bond donors (Lipinski definition) is 0. The van der Waals surface area contributed by atoms with Gasteiger partial charge in [0, 0.05) is 5.75 Å². The third-order valence-corrected chi connectivity index (χ3v) is 1.87. The Morgan fingerprint density at radius 3 is 2.23 bits per heavy atom. The van der Waals surface area contributed by atoms with Gasteiger partial charge >= 0.3 is 0 Å². The average Bonchev–Trinajstić information content (AvgIpc) is 2.18. The van der Waals surface area contributed by atoms with Crippen LogP contribution >= 0.6 is 35.2 Å². The summed E-state index contributed by atoms with van der Waals surface area (Å²) in [4.78, 5) is 0. The molecule has 1 nitrogen and oxygen atoms in total. The maximum Gasteiger partial charge on any atom is 0.0967 e. The van der Waals surface area contributed by atoms with E-state index in [9.17, 15) is 0 Å². The minimum Gasteiger partial charge on any atom is -0.318 e. The fourth-order valence-electron chi connectivity index (χ4n) is 0.701. The molecule has 13 heavy (non-hydrogen) atoms. The van der Waals surface area contributed by atoms with Crippen LogP contribution in [0.5, 0.6) is 0 Å². The molecule has 0 saturated carbocycles. The van der Waals surface area contributed by atoms with Crippen LogP contribution in [0.2, 0.25) is 0 Å². The summed E-state index contributed by atoms with van der Waals surface area (Å²) in [6.07, 6.45) is 0. The first-order valence-corrected chi connectivity index (χ1v) is 5.64. The summed E-state index contributed by atoms with van der Waals surface area (Å²) >= 11 is 11.0. The number of halogens is 2. The zero-order valence-corrected chi connectivity index (χ0v) is 9.70. The van der Waals surface area contributed by atoms with Gasteiger partial charge in [0.1, 0.15) is 0 Å². The molecule has 0 atom stereocenters. The highest BCUT2D eigenvalue weighted by atomic mass is 35.5. The van der Waals surface area contributed by atoms with E-state index in [1.807, 2.05) is 18.2 Å². The van der Waals surface area contributed by atoms with Crippen LogP contribution in [-0.4, -0.2) is 12.4 Å². The molecule has 0 fully saturated rings. The molecule has 1 aromatic carbocycles. The number of hydrogen-bond acceptors (Lipinski definition) is 2. The van der Waals surface area contributed by atoms with Crippen molar-refractivity contribution >= 4 is 35.2 Å². The van der Waals surface area contributed by atoms with Crippen LogP contribution in [0, 0.1) is 0 Å². The molecule has 0 N–H and O–H groups in total. The molecule has 0 saturated heterocycles. The molecule has 0 amide bonds. The molecular weight excluding hydrogens is 227 g/mol. The first kappa shape index (κ1) is 13.1. The van der Waals surface area contributed by atoms with Gasteiger partial charge in [0.25, 0.3) is 0 Å². The van der Waals surface area contributed by atoms with Crippen molar-refractivity contribution in [1.82, 2.24) is 0 Å². The van der Waals surface area contributed by atoms with Gasteiger partial charge in [0.15, 0.2) is 0 Å². The molecule has 0 spiro atoms. The van der Waals surface area contributed by atoms with E-state index in [-0.39, 0.29) is 5.34 Å². The topological polar surface area (TPSA) is 9.23 Å². The van der Waals surface area contributed by atoms with Crippen molar-refractivity contribution in [2.75, 3.05) is 12.4 Å². The molecule has 1 aromatic rings.